The number of benzene rings is 2. The van der Waals surface area contributed by atoms with Crippen molar-refractivity contribution in [3.05, 3.63) is 76.0 Å². The average molecular weight is 571 g/mol. The van der Waals surface area contributed by atoms with E-state index < -0.39 is 15.9 Å². The number of morpholine rings is 1. The van der Waals surface area contributed by atoms with Crippen molar-refractivity contribution in [1.82, 2.24) is 14.2 Å². The molecule has 13 heteroatoms. The summed E-state index contributed by atoms with van der Waals surface area (Å²) in [6.07, 6.45) is 0.750. The minimum absolute atomic E-state index is 0.113. The van der Waals surface area contributed by atoms with Crippen molar-refractivity contribution in [2.45, 2.75) is 4.90 Å². The predicted octanol–water partition coefficient (Wildman–Crippen LogP) is 2.89. The monoisotopic (exact) mass is 570 g/mol. The lowest BCUT2D eigenvalue weighted by Crippen LogP contribution is -2.40. The summed E-state index contributed by atoms with van der Waals surface area (Å²) in [5, 5.41) is 5.11. The van der Waals surface area contributed by atoms with Crippen LogP contribution in [0.5, 0.6) is 0 Å². The predicted molar refractivity (Wildman–Crippen MR) is 147 cm³/mol. The molecule has 2 aromatic carbocycles. The maximum Gasteiger partial charge on any atom is 0.293 e. The highest BCUT2D eigenvalue weighted by Gasteiger charge is 2.26. The van der Waals surface area contributed by atoms with Crippen LogP contribution in [0, 0.1) is 0 Å². The Hall–Kier alpha value is -3.91. The van der Waals surface area contributed by atoms with Crippen LogP contribution in [0.2, 0.25) is 0 Å². The van der Waals surface area contributed by atoms with E-state index in [2.05, 4.69) is 10.3 Å². The van der Waals surface area contributed by atoms with Crippen molar-refractivity contribution in [3.63, 3.8) is 0 Å². The van der Waals surface area contributed by atoms with Crippen LogP contribution >= 0.6 is 11.3 Å². The first-order valence-electron chi connectivity index (χ1n) is 11.8. The molecule has 11 nitrogen and oxygen atoms in total. The van der Waals surface area contributed by atoms with E-state index in [1.54, 1.807) is 68.0 Å². The van der Waals surface area contributed by atoms with Crippen LogP contribution in [0.1, 0.15) is 10.6 Å². The largest absolute Gasteiger partial charge is 0.451 e. The molecule has 0 aliphatic carbocycles. The second-order valence-electron chi connectivity index (χ2n) is 8.57. The number of rotatable bonds is 6. The van der Waals surface area contributed by atoms with Gasteiger partial charge in [0.25, 0.3) is 5.91 Å². The number of ether oxygens (including phenoxy) is 1. The van der Waals surface area contributed by atoms with Gasteiger partial charge in [-0.1, -0.05) is 24.3 Å². The molecule has 1 saturated heterocycles. The van der Waals surface area contributed by atoms with Crippen LogP contribution in [0.4, 0.5) is 5.13 Å². The quantitative estimate of drug-likeness (QED) is 0.349. The number of para-hydroxylation sites is 1. The lowest BCUT2D eigenvalue weighted by molar-refractivity contribution is -0.115. The summed E-state index contributed by atoms with van der Waals surface area (Å²) in [4.78, 5) is 40.3. The summed E-state index contributed by atoms with van der Waals surface area (Å²) in [5.41, 5.74) is 1.30. The summed E-state index contributed by atoms with van der Waals surface area (Å²) in [5.74, 6) is -0.700. The van der Waals surface area contributed by atoms with Gasteiger partial charge in [-0.25, -0.2) is 13.4 Å². The molecule has 204 valence electrons. The zero-order valence-electron chi connectivity index (χ0n) is 21.2. The van der Waals surface area contributed by atoms with Gasteiger partial charge in [-0.05, 0) is 24.3 Å². The molecule has 0 atom stereocenters. The number of nitrogens with one attached hydrogen (secondary N) is 1. The molecule has 1 aliphatic rings. The standard InChI is InChI=1S/C23H19N3O6S2.C3H7NO/c27-19-13-21(32-20-4-2-1-3-17(19)20)22(28)25-23-24-18(14-33-23)15-5-7-16(8-6-15)34(29,30)26-9-11-31-12-10-26;1-4(2)3-5/h1-8,13-14H,9-12H2,(H,24,25,28);3H,1-2H3. The molecule has 0 bridgehead atoms. The topological polar surface area (TPSA) is 139 Å². The fraction of sp³-hybridized carbons (Fsp3) is 0.231. The third kappa shape index (κ3) is 6.75. The number of amides is 2. The molecule has 2 aromatic heterocycles. The summed E-state index contributed by atoms with van der Waals surface area (Å²) in [6, 6.07) is 14.3. The molecule has 1 fully saturated rings. The highest BCUT2D eigenvalue weighted by molar-refractivity contribution is 7.89. The third-order valence-corrected chi connectivity index (χ3v) is 8.22. The number of hydrogen-bond donors (Lipinski definition) is 1. The fourth-order valence-electron chi connectivity index (χ4n) is 3.57. The second-order valence-corrected chi connectivity index (χ2v) is 11.4. The SMILES string of the molecule is CN(C)C=O.O=C(Nc1nc(-c2ccc(S(=O)(=O)N3CCOCC3)cc2)cs1)c1cc(=O)c2ccccc2o1. The summed E-state index contributed by atoms with van der Waals surface area (Å²) >= 11 is 1.20. The van der Waals surface area contributed by atoms with E-state index in [9.17, 15) is 22.8 Å². The van der Waals surface area contributed by atoms with Crippen molar-refractivity contribution in [1.29, 1.82) is 0 Å². The Morgan fingerprint density at radius 3 is 2.44 bits per heavy atom. The van der Waals surface area contributed by atoms with E-state index in [1.165, 1.54) is 20.5 Å². The van der Waals surface area contributed by atoms with Crippen molar-refractivity contribution >= 4 is 49.8 Å². The molecule has 1 aliphatic heterocycles. The van der Waals surface area contributed by atoms with E-state index in [0.717, 1.165) is 12.5 Å². The Labute approximate surface area is 228 Å². The van der Waals surface area contributed by atoms with E-state index >= 15 is 0 Å². The molecule has 1 N–H and O–H groups in total. The summed E-state index contributed by atoms with van der Waals surface area (Å²) in [6.45, 7) is 1.42. The Bertz CT molecular complexity index is 1620. The Balaban J connectivity index is 0.000000648. The molecule has 0 spiro atoms. The zero-order valence-corrected chi connectivity index (χ0v) is 22.8. The first-order valence-corrected chi connectivity index (χ1v) is 14.1. The third-order valence-electron chi connectivity index (χ3n) is 5.55. The van der Waals surface area contributed by atoms with Gasteiger partial charge in [-0.15, -0.1) is 11.3 Å². The van der Waals surface area contributed by atoms with E-state index in [-0.39, 0.29) is 16.1 Å². The molecule has 0 radical (unpaired) electrons. The van der Waals surface area contributed by atoms with Crippen LogP contribution in [-0.2, 0) is 19.6 Å². The van der Waals surface area contributed by atoms with Gasteiger partial charge >= 0.3 is 0 Å². The molecule has 2 amide bonds. The van der Waals surface area contributed by atoms with Gasteiger partial charge < -0.3 is 14.1 Å². The number of aromatic nitrogens is 1. The van der Waals surface area contributed by atoms with Crippen LogP contribution in [0.3, 0.4) is 0 Å². The minimum Gasteiger partial charge on any atom is -0.451 e. The number of thiazole rings is 1. The van der Waals surface area contributed by atoms with Gasteiger partial charge in [0.1, 0.15) is 5.58 Å². The molecule has 0 unspecified atom stereocenters. The summed E-state index contributed by atoms with van der Waals surface area (Å²) in [7, 11) is -0.204. The molecule has 39 heavy (non-hydrogen) atoms. The Kier molecular flexibility index (Phi) is 8.86. The Morgan fingerprint density at radius 1 is 1.10 bits per heavy atom. The van der Waals surface area contributed by atoms with Crippen molar-refractivity contribution in [2.24, 2.45) is 0 Å². The Morgan fingerprint density at radius 2 is 1.77 bits per heavy atom. The van der Waals surface area contributed by atoms with Crippen molar-refractivity contribution in [2.75, 3.05) is 45.7 Å². The van der Waals surface area contributed by atoms with E-state index in [4.69, 9.17) is 9.15 Å². The first-order chi connectivity index (χ1) is 18.7. The molecule has 5 rings (SSSR count). The number of nitrogens with zero attached hydrogens (tertiary/aromatic N) is 3. The molecule has 4 aromatic rings. The number of sulfonamides is 1. The van der Waals surface area contributed by atoms with Gasteiger partial charge in [0.2, 0.25) is 16.4 Å². The molecule has 0 saturated carbocycles. The second kappa shape index (κ2) is 12.3. The van der Waals surface area contributed by atoms with Gasteiger partial charge in [0.05, 0.1) is 29.2 Å². The molecular formula is C26H26N4O7S2. The molecule has 3 heterocycles. The lowest BCUT2D eigenvalue weighted by atomic mass is 10.2. The maximum atomic E-state index is 12.8. The van der Waals surface area contributed by atoms with Crippen LogP contribution in [0.25, 0.3) is 22.2 Å². The normalized spacial score (nSPS) is 13.8. The number of hydrogen-bond acceptors (Lipinski definition) is 9. The summed E-state index contributed by atoms with van der Waals surface area (Å²) < 4.78 is 37.8. The number of carbonyl (C=O) groups is 2. The first kappa shape index (κ1) is 28.1. The highest BCUT2D eigenvalue weighted by atomic mass is 32.2. The van der Waals surface area contributed by atoms with E-state index in [1.807, 2.05) is 0 Å². The average Bonchev–Trinajstić information content (AvgIpc) is 3.42. The van der Waals surface area contributed by atoms with E-state index in [0.29, 0.717) is 53.7 Å². The number of anilines is 1. The lowest BCUT2D eigenvalue weighted by Gasteiger charge is -2.26. The number of fused-ring (bicyclic) bond motifs is 1. The maximum absolute atomic E-state index is 12.8. The van der Waals surface area contributed by atoms with Gasteiger partial charge in [0.15, 0.2) is 16.3 Å². The minimum atomic E-state index is -3.58. The van der Waals surface area contributed by atoms with Gasteiger partial charge in [-0.2, -0.15) is 4.31 Å². The van der Waals surface area contributed by atoms with Crippen LogP contribution < -0.4 is 10.7 Å². The fourth-order valence-corrected chi connectivity index (χ4v) is 5.69. The zero-order chi connectivity index (χ0) is 28.0. The highest BCUT2D eigenvalue weighted by Crippen LogP contribution is 2.27. The van der Waals surface area contributed by atoms with Crippen LogP contribution in [0.15, 0.2) is 74.1 Å². The van der Waals surface area contributed by atoms with Gasteiger partial charge in [0, 0.05) is 44.2 Å². The van der Waals surface area contributed by atoms with Crippen LogP contribution in [-0.4, -0.2) is 75.3 Å². The van der Waals surface area contributed by atoms with Gasteiger partial charge in [-0.3, -0.25) is 19.7 Å². The van der Waals surface area contributed by atoms with Crippen molar-refractivity contribution < 1.29 is 27.2 Å². The smallest absolute Gasteiger partial charge is 0.293 e. The van der Waals surface area contributed by atoms with Crippen molar-refractivity contribution in [3.8, 4) is 11.3 Å². The number of carbonyl (C=O) groups excluding carboxylic acids is 2. The molecular weight excluding hydrogens is 544 g/mol.